The van der Waals surface area contributed by atoms with Crippen molar-refractivity contribution in [3.63, 3.8) is 0 Å². The zero-order valence-electron chi connectivity index (χ0n) is 12.4. The van der Waals surface area contributed by atoms with E-state index in [-0.39, 0.29) is 24.3 Å². The van der Waals surface area contributed by atoms with Gasteiger partial charge in [-0.2, -0.15) is 0 Å². The van der Waals surface area contributed by atoms with Crippen molar-refractivity contribution >= 4 is 17.7 Å². The highest BCUT2D eigenvalue weighted by Crippen LogP contribution is 2.25. The maximum absolute atomic E-state index is 11.9. The van der Waals surface area contributed by atoms with Crippen molar-refractivity contribution in [2.24, 2.45) is 5.92 Å². The molecule has 0 aliphatic heterocycles. The van der Waals surface area contributed by atoms with Crippen LogP contribution in [0.3, 0.4) is 0 Å². The number of hydrogen-bond donors (Lipinski definition) is 2. The number of benzene rings is 1. The van der Waals surface area contributed by atoms with Crippen LogP contribution in [0.5, 0.6) is 5.75 Å². The van der Waals surface area contributed by atoms with E-state index in [1.54, 1.807) is 24.3 Å². The third-order valence-electron chi connectivity index (χ3n) is 3.79. The maximum Gasteiger partial charge on any atom is 0.308 e. The summed E-state index contributed by atoms with van der Waals surface area (Å²) in [5.74, 6) is -1.40. The largest absolute Gasteiger partial charge is 0.484 e. The highest BCUT2D eigenvalue weighted by Gasteiger charge is 2.33. The summed E-state index contributed by atoms with van der Waals surface area (Å²) >= 11 is 0. The van der Waals surface area contributed by atoms with Crippen LogP contribution in [0.1, 0.15) is 36.5 Å². The van der Waals surface area contributed by atoms with Crippen LogP contribution in [0.4, 0.5) is 0 Å². The SMILES string of the molecule is CC(=O)c1cccc(OCC(=O)N[C@@H]2CCC[C@@H]2C(=O)O)c1. The Balaban J connectivity index is 1.86. The number of nitrogens with one attached hydrogen (secondary N) is 1. The summed E-state index contributed by atoms with van der Waals surface area (Å²) < 4.78 is 5.35. The normalized spacial score (nSPS) is 20.4. The van der Waals surface area contributed by atoms with Crippen LogP contribution in [0.15, 0.2) is 24.3 Å². The molecule has 0 aromatic heterocycles. The first-order valence-electron chi connectivity index (χ1n) is 7.23. The van der Waals surface area contributed by atoms with Gasteiger partial charge in [-0.25, -0.2) is 0 Å². The van der Waals surface area contributed by atoms with Gasteiger partial charge in [-0.1, -0.05) is 18.6 Å². The fourth-order valence-corrected chi connectivity index (χ4v) is 2.63. The summed E-state index contributed by atoms with van der Waals surface area (Å²) in [6, 6.07) is 6.25. The summed E-state index contributed by atoms with van der Waals surface area (Å²) in [5.41, 5.74) is 0.514. The molecule has 1 fully saturated rings. The molecule has 0 radical (unpaired) electrons. The van der Waals surface area contributed by atoms with Gasteiger partial charge in [0.15, 0.2) is 12.4 Å². The summed E-state index contributed by atoms with van der Waals surface area (Å²) in [5, 5.41) is 11.8. The maximum atomic E-state index is 11.9. The second-order valence-electron chi connectivity index (χ2n) is 5.42. The van der Waals surface area contributed by atoms with Crippen molar-refractivity contribution in [1.82, 2.24) is 5.32 Å². The Hall–Kier alpha value is -2.37. The summed E-state index contributed by atoms with van der Waals surface area (Å²) in [6.45, 7) is 1.25. The van der Waals surface area contributed by atoms with Crippen molar-refractivity contribution in [1.29, 1.82) is 0 Å². The van der Waals surface area contributed by atoms with Gasteiger partial charge in [0, 0.05) is 11.6 Å². The third kappa shape index (κ3) is 4.07. The smallest absolute Gasteiger partial charge is 0.308 e. The molecule has 1 aromatic rings. The molecular formula is C16H19NO5. The number of ketones is 1. The lowest BCUT2D eigenvalue weighted by Gasteiger charge is -2.17. The molecule has 1 aromatic carbocycles. The van der Waals surface area contributed by atoms with E-state index in [4.69, 9.17) is 9.84 Å². The molecule has 1 saturated carbocycles. The van der Waals surface area contributed by atoms with Crippen LogP contribution < -0.4 is 10.1 Å². The van der Waals surface area contributed by atoms with E-state index in [0.717, 1.165) is 6.42 Å². The number of aliphatic carboxylic acids is 1. The molecule has 1 aliphatic carbocycles. The fraction of sp³-hybridized carbons (Fsp3) is 0.438. The van der Waals surface area contributed by atoms with Gasteiger partial charge in [0.1, 0.15) is 5.75 Å². The highest BCUT2D eigenvalue weighted by atomic mass is 16.5. The second kappa shape index (κ2) is 7.06. The molecule has 0 unspecified atom stereocenters. The second-order valence-corrected chi connectivity index (χ2v) is 5.42. The Morgan fingerprint density at radius 3 is 2.77 bits per heavy atom. The monoisotopic (exact) mass is 305 g/mol. The van der Waals surface area contributed by atoms with Gasteiger partial charge in [-0.15, -0.1) is 0 Å². The van der Waals surface area contributed by atoms with E-state index >= 15 is 0 Å². The molecular weight excluding hydrogens is 286 g/mol. The first-order valence-corrected chi connectivity index (χ1v) is 7.23. The number of amides is 1. The number of carboxylic acids is 1. The summed E-state index contributed by atoms with van der Waals surface area (Å²) in [6.07, 6.45) is 2.05. The van der Waals surface area contributed by atoms with E-state index in [1.807, 2.05) is 0 Å². The van der Waals surface area contributed by atoms with Crippen LogP contribution in [-0.4, -0.2) is 35.4 Å². The lowest BCUT2D eigenvalue weighted by atomic mass is 10.0. The number of carbonyl (C=O) groups excluding carboxylic acids is 2. The predicted octanol–water partition coefficient (Wildman–Crippen LogP) is 1.64. The highest BCUT2D eigenvalue weighted by molar-refractivity contribution is 5.94. The van der Waals surface area contributed by atoms with E-state index in [1.165, 1.54) is 6.92 Å². The van der Waals surface area contributed by atoms with Crippen LogP contribution in [0.25, 0.3) is 0 Å². The number of hydrogen-bond acceptors (Lipinski definition) is 4. The lowest BCUT2D eigenvalue weighted by molar-refractivity contribution is -0.142. The van der Waals surface area contributed by atoms with Gasteiger partial charge >= 0.3 is 5.97 Å². The molecule has 6 nitrogen and oxygen atoms in total. The minimum atomic E-state index is -0.877. The lowest BCUT2D eigenvalue weighted by Crippen LogP contribution is -2.42. The Morgan fingerprint density at radius 2 is 2.09 bits per heavy atom. The molecule has 22 heavy (non-hydrogen) atoms. The fourth-order valence-electron chi connectivity index (χ4n) is 2.63. The van der Waals surface area contributed by atoms with Crippen molar-refractivity contribution in [3.05, 3.63) is 29.8 Å². The van der Waals surface area contributed by atoms with Gasteiger partial charge in [0.25, 0.3) is 5.91 Å². The number of ether oxygens (including phenoxy) is 1. The Kier molecular flexibility index (Phi) is 5.14. The average molecular weight is 305 g/mol. The van der Waals surface area contributed by atoms with Crippen LogP contribution >= 0.6 is 0 Å². The van der Waals surface area contributed by atoms with Crippen molar-refractivity contribution in [2.45, 2.75) is 32.2 Å². The Labute approximate surface area is 128 Å². The number of rotatable bonds is 6. The summed E-state index contributed by atoms with van der Waals surface area (Å²) in [4.78, 5) is 34.2. The molecule has 2 rings (SSSR count). The predicted molar refractivity (Wildman–Crippen MR) is 78.8 cm³/mol. The topological polar surface area (TPSA) is 92.7 Å². The first kappa shape index (κ1) is 16.0. The average Bonchev–Trinajstić information content (AvgIpc) is 2.93. The molecule has 118 valence electrons. The zero-order valence-corrected chi connectivity index (χ0v) is 12.4. The zero-order chi connectivity index (χ0) is 16.1. The van der Waals surface area contributed by atoms with E-state index in [9.17, 15) is 14.4 Å². The molecule has 0 heterocycles. The van der Waals surface area contributed by atoms with Crippen LogP contribution in [0.2, 0.25) is 0 Å². The number of Topliss-reactive ketones (excluding diaryl/α,β-unsaturated/α-hetero) is 1. The van der Waals surface area contributed by atoms with E-state index in [2.05, 4.69) is 5.32 Å². The molecule has 0 spiro atoms. The molecule has 0 bridgehead atoms. The van der Waals surface area contributed by atoms with Gasteiger partial charge in [0.2, 0.25) is 0 Å². The van der Waals surface area contributed by atoms with Gasteiger partial charge in [0.05, 0.1) is 5.92 Å². The quantitative estimate of drug-likeness (QED) is 0.779. The molecule has 2 N–H and O–H groups in total. The van der Waals surface area contributed by atoms with E-state index in [0.29, 0.717) is 24.2 Å². The van der Waals surface area contributed by atoms with Crippen LogP contribution in [-0.2, 0) is 9.59 Å². The first-order chi connectivity index (χ1) is 10.5. The molecule has 2 atom stereocenters. The van der Waals surface area contributed by atoms with Gasteiger partial charge in [-0.05, 0) is 31.9 Å². The molecule has 1 amide bonds. The molecule has 0 saturated heterocycles. The number of carboxylic acid groups (broad SMARTS) is 1. The van der Waals surface area contributed by atoms with Gasteiger partial charge in [-0.3, -0.25) is 14.4 Å². The Bertz CT molecular complexity index is 584. The molecule has 6 heteroatoms. The standard InChI is InChI=1S/C16H19NO5/c1-10(18)11-4-2-5-12(8-11)22-9-15(19)17-14-7-3-6-13(14)16(20)21/h2,4-5,8,13-14H,3,6-7,9H2,1H3,(H,17,19)(H,20,21)/t13-,14+/m0/s1. The molecule has 1 aliphatic rings. The minimum Gasteiger partial charge on any atom is -0.484 e. The van der Waals surface area contributed by atoms with E-state index < -0.39 is 11.9 Å². The van der Waals surface area contributed by atoms with Crippen LogP contribution in [0, 0.1) is 5.92 Å². The number of carbonyl (C=O) groups is 3. The van der Waals surface area contributed by atoms with Gasteiger partial charge < -0.3 is 15.2 Å². The van der Waals surface area contributed by atoms with Crippen molar-refractivity contribution in [3.8, 4) is 5.75 Å². The van der Waals surface area contributed by atoms with Crippen molar-refractivity contribution in [2.75, 3.05) is 6.61 Å². The minimum absolute atomic E-state index is 0.0786. The Morgan fingerprint density at radius 1 is 1.32 bits per heavy atom. The van der Waals surface area contributed by atoms with Crippen molar-refractivity contribution < 1.29 is 24.2 Å². The summed E-state index contributed by atoms with van der Waals surface area (Å²) in [7, 11) is 0. The third-order valence-corrected chi connectivity index (χ3v) is 3.79.